The molecule has 1 amide bonds. The van der Waals surface area contributed by atoms with Gasteiger partial charge in [0.05, 0.1) is 29.4 Å². The number of hydrogen-bond acceptors (Lipinski definition) is 5. The molecular formula is C24H26ClF3N2O4S. The van der Waals surface area contributed by atoms with Gasteiger partial charge >= 0.3 is 6.18 Å². The fourth-order valence-electron chi connectivity index (χ4n) is 4.55. The van der Waals surface area contributed by atoms with Crippen LogP contribution >= 0.6 is 11.6 Å². The van der Waals surface area contributed by atoms with Crippen molar-refractivity contribution in [3.63, 3.8) is 0 Å². The van der Waals surface area contributed by atoms with Gasteiger partial charge in [0.2, 0.25) is 0 Å². The second-order valence-electron chi connectivity index (χ2n) is 9.30. The molecule has 1 aromatic heterocycles. The summed E-state index contributed by atoms with van der Waals surface area (Å²) >= 11 is 6.68. The fraction of sp³-hybridized carbons (Fsp3) is 0.458. The first kappa shape index (κ1) is 25.6. The smallest absolute Gasteiger partial charge is 0.418 e. The lowest BCUT2D eigenvalue weighted by Crippen LogP contribution is -2.51. The molecule has 0 aromatic carbocycles. The first-order chi connectivity index (χ1) is 16.3. The van der Waals surface area contributed by atoms with Gasteiger partial charge in [-0.2, -0.15) is 13.2 Å². The summed E-state index contributed by atoms with van der Waals surface area (Å²) in [5.74, 6) is -0.400. The van der Waals surface area contributed by atoms with Gasteiger partial charge in [0, 0.05) is 42.4 Å². The third kappa shape index (κ3) is 5.53. The van der Waals surface area contributed by atoms with Gasteiger partial charge in [-0.1, -0.05) is 24.6 Å². The van der Waals surface area contributed by atoms with E-state index in [2.05, 4.69) is 0 Å². The number of furan rings is 1. The fourth-order valence-corrected chi connectivity index (χ4v) is 5.65. The van der Waals surface area contributed by atoms with Crippen molar-refractivity contribution in [2.24, 2.45) is 11.8 Å². The molecule has 0 N–H and O–H groups in total. The van der Waals surface area contributed by atoms with Gasteiger partial charge in [0.15, 0.2) is 0 Å². The van der Waals surface area contributed by atoms with Crippen LogP contribution in [-0.4, -0.2) is 55.4 Å². The molecule has 1 atom stereocenters. The number of alkyl halides is 3. The first-order valence-corrected chi connectivity index (χ1v) is 13.7. The molecule has 0 spiro atoms. The number of sulfone groups is 1. The Hall–Kier alpha value is -2.46. The van der Waals surface area contributed by atoms with E-state index in [1.807, 2.05) is 0 Å². The molecule has 0 saturated carbocycles. The first-order valence-electron chi connectivity index (χ1n) is 11.2. The van der Waals surface area contributed by atoms with Crippen molar-refractivity contribution in [1.29, 1.82) is 0 Å². The molecule has 190 valence electrons. The number of rotatable bonds is 6. The molecule has 0 bridgehead atoms. The van der Waals surface area contributed by atoms with E-state index in [0.717, 1.165) is 6.08 Å². The minimum atomic E-state index is -4.63. The van der Waals surface area contributed by atoms with E-state index in [1.54, 1.807) is 17.9 Å². The molecule has 4 rings (SSSR count). The summed E-state index contributed by atoms with van der Waals surface area (Å²) in [5, 5.41) is -0.0531. The van der Waals surface area contributed by atoms with Crippen LogP contribution in [0.2, 0.25) is 0 Å². The summed E-state index contributed by atoms with van der Waals surface area (Å²) in [6.07, 6.45) is 4.74. The maximum Gasteiger partial charge on any atom is 0.418 e. The average Bonchev–Trinajstić information content (AvgIpc) is 3.22. The number of likely N-dealkylation sites (tertiary alicyclic amines) is 1. The maximum absolute atomic E-state index is 14.0. The zero-order valence-corrected chi connectivity index (χ0v) is 20.9. The zero-order chi connectivity index (χ0) is 25.5. The molecule has 6 nitrogen and oxygen atoms in total. The lowest BCUT2D eigenvalue weighted by Gasteiger charge is -2.41. The summed E-state index contributed by atoms with van der Waals surface area (Å²) in [4.78, 5) is 16.2. The molecule has 35 heavy (non-hydrogen) atoms. The highest BCUT2D eigenvalue weighted by Crippen LogP contribution is 2.45. The summed E-state index contributed by atoms with van der Waals surface area (Å²) in [5.41, 5.74) is 0.0354. The van der Waals surface area contributed by atoms with E-state index in [4.69, 9.17) is 16.0 Å². The van der Waals surface area contributed by atoms with Crippen molar-refractivity contribution in [3.8, 4) is 0 Å². The summed E-state index contributed by atoms with van der Waals surface area (Å²) < 4.78 is 69.7. The molecule has 3 aliphatic heterocycles. The minimum absolute atomic E-state index is 0.0531. The number of amides is 1. The third-order valence-corrected chi connectivity index (χ3v) is 7.87. The largest absolute Gasteiger partial charge is 0.472 e. The summed E-state index contributed by atoms with van der Waals surface area (Å²) in [7, 11) is -3.03. The van der Waals surface area contributed by atoms with E-state index in [9.17, 15) is 26.4 Å². The number of hydrogen-bond donors (Lipinski definition) is 0. The highest BCUT2D eigenvalue weighted by molar-refractivity contribution is 7.90. The van der Waals surface area contributed by atoms with Crippen molar-refractivity contribution in [2.75, 3.05) is 25.1 Å². The quantitative estimate of drug-likeness (QED) is 0.480. The Morgan fingerprint density at radius 1 is 1.29 bits per heavy atom. The standard InChI is InChI=1S/C24H26ClF3N2O4S/c1-15-5-6-20-19(24(26,27)28)10-18(17-7-8-34-14-17)13-30(20)22(25)21(15)23(31)29-11-16(12-29)4-3-9-35(2,32)33/h6-8,10,13-16H,3-5,9,11-12H2,1-2H3. The number of allylic oxidation sites excluding steroid dienone is 4. The Balaban J connectivity index is 1.59. The topological polar surface area (TPSA) is 70.8 Å². The van der Waals surface area contributed by atoms with Crippen molar-refractivity contribution < 1.29 is 30.8 Å². The molecular weight excluding hydrogens is 505 g/mol. The SMILES string of the molecule is CC1CC=C2C(C(F)(F)F)=CC(c3ccoc3)=CN2C(Cl)=C1C(=O)N1CC(CCCS(C)(=O)=O)C1. The van der Waals surface area contributed by atoms with Crippen LogP contribution in [0.25, 0.3) is 5.57 Å². The van der Waals surface area contributed by atoms with Crippen molar-refractivity contribution >= 4 is 32.9 Å². The number of nitrogens with zero attached hydrogens (tertiary/aromatic N) is 2. The van der Waals surface area contributed by atoms with Crippen LogP contribution in [0.3, 0.4) is 0 Å². The van der Waals surface area contributed by atoms with Gasteiger partial charge in [-0.3, -0.25) is 4.79 Å². The Labute approximate surface area is 207 Å². The molecule has 1 fully saturated rings. The third-order valence-electron chi connectivity index (χ3n) is 6.46. The average molecular weight is 531 g/mol. The normalized spacial score (nSPS) is 21.7. The second kappa shape index (κ2) is 9.54. The van der Waals surface area contributed by atoms with Crippen LogP contribution in [0.15, 0.2) is 63.4 Å². The molecule has 3 aliphatic rings. The van der Waals surface area contributed by atoms with Gasteiger partial charge in [-0.05, 0) is 43.2 Å². The van der Waals surface area contributed by atoms with Crippen LogP contribution in [0.1, 0.15) is 31.7 Å². The molecule has 0 aliphatic carbocycles. The maximum atomic E-state index is 14.0. The molecule has 1 unspecified atom stereocenters. The molecule has 4 heterocycles. The van der Waals surface area contributed by atoms with Gasteiger partial charge in [-0.15, -0.1) is 0 Å². The van der Waals surface area contributed by atoms with Crippen LogP contribution in [0.5, 0.6) is 0 Å². The molecule has 1 aromatic rings. The van der Waals surface area contributed by atoms with Gasteiger partial charge in [-0.25, -0.2) is 8.42 Å². The van der Waals surface area contributed by atoms with Crippen molar-refractivity contribution in [1.82, 2.24) is 9.80 Å². The van der Waals surface area contributed by atoms with Crippen LogP contribution in [0.4, 0.5) is 13.2 Å². The van der Waals surface area contributed by atoms with Crippen molar-refractivity contribution in [3.05, 3.63) is 64.5 Å². The molecule has 11 heteroatoms. The van der Waals surface area contributed by atoms with Gasteiger partial charge < -0.3 is 14.2 Å². The highest BCUT2D eigenvalue weighted by Gasteiger charge is 2.43. The van der Waals surface area contributed by atoms with Gasteiger partial charge in [0.25, 0.3) is 5.91 Å². The predicted molar refractivity (Wildman–Crippen MR) is 126 cm³/mol. The van der Waals surface area contributed by atoms with E-state index < -0.39 is 27.5 Å². The van der Waals surface area contributed by atoms with E-state index in [1.165, 1.54) is 36.0 Å². The number of halogens is 4. The van der Waals surface area contributed by atoms with E-state index >= 15 is 0 Å². The van der Waals surface area contributed by atoms with Crippen molar-refractivity contribution in [2.45, 2.75) is 32.4 Å². The monoisotopic (exact) mass is 530 g/mol. The molecule has 0 radical (unpaired) electrons. The Morgan fingerprint density at radius 3 is 2.60 bits per heavy atom. The molecule has 1 saturated heterocycles. The number of fused-ring (bicyclic) bond motifs is 1. The lowest BCUT2D eigenvalue weighted by molar-refractivity contribution is -0.134. The number of carbonyl (C=O) groups is 1. The number of carbonyl (C=O) groups excluding carboxylic acids is 1. The zero-order valence-electron chi connectivity index (χ0n) is 19.3. The Morgan fingerprint density at radius 2 is 2.00 bits per heavy atom. The predicted octanol–water partition coefficient (Wildman–Crippen LogP) is 5.08. The summed E-state index contributed by atoms with van der Waals surface area (Å²) in [6.45, 7) is 2.70. The second-order valence-corrected chi connectivity index (χ2v) is 11.9. The minimum Gasteiger partial charge on any atom is -0.472 e. The van der Waals surface area contributed by atoms with Crippen LogP contribution in [-0.2, 0) is 14.6 Å². The highest BCUT2D eigenvalue weighted by atomic mass is 35.5. The van der Waals surface area contributed by atoms with Crippen LogP contribution < -0.4 is 0 Å². The lowest BCUT2D eigenvalue weighted by atomic mass is 9.91. The van der Waals surface area contributed by atoms with E-state index in [-0.39, 0.29) is 46.0 Å². The summed E-state index contributed by atoms with van der Waals surface area (Å²) in [6, 6.07) is 1.55. The van der Waals surface area contributed by atoms with Crippen LogP contribution in [0, 0.1) is 11.8 Å². The van der Waals surface area contributed by atoms with E-state index in [0.29, 0.717) is 31.5 Å². The Bertz CT molecular complexity index is 1220. The Kier molecular flexibility index (Phi) is 6.98. The van der Waals surface area contributed by atoms with Gasteiger partial charge in [0.1, 0.15) is 15.0 Å².